The van der Waals surface area contributed by atoms with Crippen molar-refractivity contribution in [3.63, 3.8) is 0 Å². The Labute approximate surface area is 164 Å². The van der Waals surface area contributed by atoms with Crippen molar-refractivity contribution in [2.75, 3.05) is 26.9 Å². The summed E-state index contributed by atoms with van der Waals surface area (Å²) in [7, 11) is 1.42. The molecule has 0 aliphatic rings. The first-order chi connectivity index (χ1) is 13.0. The van der Waals surface area contributed by atoms with Crippen LogP contribution in [0.3, 0.4) is 0 Å². The molecule has 0 aromatic carbocycles. The van der Waals surface area contributed by atoms with Crippen LogP contribution in [0.2, 0.25) is 0 Å². The predicted molar refractivity (Wildman–Crippen MR) is 104 cm³/mol. The molecule has 0 saturated carbocycles. The van der Waals surface area contributed by atoms with Crippen LogP contribution in [-0.4, -0.2) is 44.7 Å². The average Bonchev–Trinajstić information content (AvgIpc) is 2.64. The van der Waals surface area contributed by atoms with Gasteiger partial charge in [0.1, 0.15) is 6.61 Å². The number of Topliss-reactive ketones (excluding diaryl/α,β-unsaturated/α-hetero) is 1. The van der Waals surface area contributed by atoms with Crippen molar-refractivity contribution < 1.29 is 28.6 Å². The lowest BCUT2D eigenvalue weighted by Gasteiger charge is -2.14. The van der Waals surface area contributed by atoms with E-state index in [-0.39, 0.29) is 31.8 Å². The third-order valence-corrected chi connectivity index (χ3v) is 4.24. The van der Waals surface area contributed by atoms with Crippen LogP contribution < -0.4 is 0 Å². The molecule has 0 aliphatic carbocycles. The van der Waals surface area contributed by atoms with Crippen molar-refractivity contribution in [1.29, 1.82) is 0 Å². The van der Waals surface area contributed by atoms with E-state index < -0.39 is 17.9 Å². The third kappa shape index (κ3) is 15.3. The number of hydrogen-bond donors (Lipinski definition) is 0. The first-order valence-electron chi connectivity index (χ1n) is 10.4. The van der Waals surface area contributed by atoms with Crippen LogP contribution in [0.25, 0.3) is 0 Å². The van der Waals surface area contributed by atoms with Crippen LogP contribution in [0, 0.1) is 5.92 Å². The zero-order chi connectivity index (χ0) is 20.3. The number of ether oxygens (including phenoxy) is 3. The molecule has 6 nitrogen and oxygen atoms in total. The van der Waals surface area contributed by atoms with E-state index in [1.165, 1.54) is 39.2 Å². The van der Waals surface area contributed by atoms with Crippen LogP contribution in [-0.2, 0) is 28.6 Å². The molecule has 27 heavy (non-hydrogen) atoms. The lowest BCUT2D eigenvalue weighted by molar-refractivity contribution is -0.156. The van der Waals surface area contributed by atoms with Crippen LogP contribution >= 0.6 is 0 Å². The number of unbranched alkanes of at least 4 members (excludes halogenated alkanes) is 7. The second-order valence-electron chi connectivity index (χ2n) is 6.94. The molecule has 0 amide bonds. The van der Waals surface area contributed by atoms with Crippen molar-refractivity contribution >= 4 is 17.7 Å². The van der Waals surface area contributed by atoms with Crippen molar-refractivity contribution in [2.45, 2.75) is 84.5 Å². The molecule has 1 atom stereocenters. The van der Waals surface area contributed by atoms with Gasteiger partial charge >= 0.3 is 11.9 Å². The Morgan fingerprint density at radius 3 is 1.96 bits per heavy atom. The molecule has 0 N–H and O–H groups in total. The van der Waals surface area contributed by atoms with Gasteiger partial charge in [-0.2, -0.15) is 0 Å². The highest BCUT2D eigenvalue weighted by molar-refractivity contribution is 5.87. The van der Waals surface area contributed by atoms with E-state index in [2.05, 4.69) is 6.92 Å². The standard InChI is InChI=1S/C21H38O6/c1-4-6-7-8-9-10-11-12-14-26-20(23)16-18(15-19(22)17-25-3)21(24)27-13-5-2/h18H,4-17H2,1-3H3. The van der Waals surface area contributed by atoms with Gasteiger partial charge in [0.05, 0.1) is 25.6 Å². The molecule has 0 radical (unpaired) electrons. The van der Waals surface area contributed by atoms with Gasteiger partial charge in [0.25, 0.3) is 0 Å². The number of carbonyl (C=O) groups is 3. The number of methoxy groups -OCH3 is 1. The molecule has 1 unspecified atom stereocenters. The second-order valence-corrected chi connectivity index (χ2v) is 6.94. The summed E-state index contributed by atoms with van der Waals surface area (Å²) in [6, 6.07) is 0. The molecule has 0 aliphatic heterocycles. The Morgan fingerprint density at radius 2 is 1.37 bits per heavy atom. The summed E-state index contributed by atoms with van der Waals surface area (Å²) < 4.78 is 15.1. The first kappa shape index (κ1) is 25.6. The highest BCUT2D eigenvalue weighted by atomic mass is 16.5. The van der Waals surface area contributed by atoms with E-state index in [0.717, 1.165) is 19.3 Å². The number of carbonyl (C=O) groups excluding carboxylic acids is 3. The SMILES string of the molecule is CCCCCCCCCCOC(=O)CC(CC(=O)COC)C(=O)OCCC. The van der Waals surface area contributed by atoms with Crippen LogP contribution in [0.15, 0.2) is 0 Å². The van der Waals surface area contributed by atoms with Gasteiger partial charge in [-0.05, 0) is 12.8 Å². The lowest BCUT2D eigenvalue weighted by atomic mass is 9.99. The molecule has 0 saturated heterocycles. The zero-order valence-electron chi connectivity index (χ0n) is 17.4. The summed E-state index contributed by atoms with van der Waals surface area (Å²) in [6.45, 7) is 4.65. The summed E-state index contributed by atoms with van der Waals surface area (Å²) in [5, 5.41) is 0. The van der Waals surface area contributed by atoms with E-state index in [9.17, 15) is 14.4 Å². The maximum atomic E-state index is 12.1. The molecule has 0 bridgehead atoms. The summed E-state index contributed by atoms with van der Waals surface area (Å²) in [4.78, 5) is 35.8. The largest absolute Gasteiger partial charge is 0.466 e. The highest BCUT2D eigenvalue weighted by Crippen LogP contribution is 2.14. The Kier molecular flexibility index (Phi) is 17.0. The van der Waals surface area contributed by atoms with E-state index in [4.69, 9.17) is 14.2 Å². The number of ketones is 1. The van der Waals surface area contributed by atoms with Gasteiger partial charge in [0, 0.05) is 13.5 Å². The number of rotatable bonds is 18. The van der Waals surface area contributed by atoms with E-state index in [1.54, 1.807) is 0 Å². The topological polar surface area (TPSA) is 78.9 Å². The number of hydrogen-bond acceptors (Lipinski definition) is 6. The van der Waals surface area contributed by atoms with Gasteiger partial charge in [-0.3, -0.25) is 14.4 Å². The smallest absolute Gasteiger partial charge is 0.309 e. The summed E-state index contributed by atoms with van der Waals surface area (Å²) in [5.41, 5.74) is 0. The highest BCUT2D eigenvalue weighted by Gasteiger charge is 2.26. The van der Waals surface area contributed by atoms with E-state index in [0.29, 0.717) is 13.0 Å². The van der Waals surface area contributed by atoms with Crippen molar-refractivity contribution in [3.8, 4) is 0 Å². The minimum Gasteiger partial charge on any atom is -0.466 e. The van der Waals surface area contributed by atoms with Gasteiger partial charge in [-0.15, -0.1) is 0 Å². The van der Waals surface area contributed by atoms with Crippen LogP contribution in [0.1, 0.15) is 84.5 Å². The van der Waals surface area contributed by atoms with Gasteiger partial charge in [0.2, 0.25) is 0 Å². The molecular weight excluding hydrogens is 348 g/mol. The molecule has 158 valence electrons. The Balaban J connectivity index is 4.08. The molecular formula is C21H38O6. The molecule has 0 heterocycles. The second kappa shape index (κ2) is 18.0. The number of esters is 2. The van der Waals surface area contributed by atoms with Crippen molar-refractivity contribution in [2.24, 2.45) is 5.92 Å². The molecule has 6 heteroatoms. The minimum absolute atomic E-state index is 0.0662. The zero-order valence-corrected chi connectivity index (χ0v) is 17.4. The fourth-order valence-electron chi connectivity index (χ4n) is 2.74. The Bertz CT molecular complexity index is 407. The minimum atomic E-state index is -0.801. The molecule has 0 aromatic rings. The fraction of sp³-hybridized carbons (Fsp3) is 0.857. The summed E-state index contributed by atoms with van der Waals surface area (Å²) in [5.74, 6) is -2.01. The van der Waals surface area contributed by atoms with Crippen LogP contribution in [0.5, 0.6) is 0 Å². The van der Waals surface area contributed by atoms with Gasteiger partial charge in [-0.25, -0.2) is 0 Å². The van der Waals surface area contributed by atoms with E-state index in [1.807, 2.05) is 6.92 Å². The predicted octanol–water partition coefficient (Wildman–Crippen LogP) is 4.24. The first-order valence-corrected chi connectivity index (χ1v) is 10.4. The molecule has 0 aromatic heterocycles. The quantitative estimate of drug-likeness (QED) is 0.259. The normalized spacial score (nSPS) is 11.8. The van der Waals surface area contributed by atoms with E-state index >= 15 is 0 Å². The fourth-order valence-corrected chi connectivity index (χ4v) is 2.74. The third-order valence-electron chi connectivity index (χ3n) is 4.24. The van der Waals surface area contributed by atoms with Gasteiger partial charge < -0.3 is 14.2 Å². The molecule has 0 rings (SSSR count). The summed E-state index contributed by atoms with van der Waals surface area (Å²) >= 11 is 0. The average molecular weight is 387 g/mol. The lowest BCUT2D eigenvalue weighted by Crippen LogP contribution is -2.26. The maximum Gasteiger partial charge on any atom is 0.309 e. The van der Waals surface area contributed by atoms with Crippen molar-refractivity contribution in [1.82, 2.24) is 0 Å². The maximum absolute atomic E-state index is 12.1. The monoisotopic (exact) mass is 386 g/mol. The van der Waals surface area contributed by atoms with Crippen molar-refractivity contribution in [3.05, 3.63) is 0 Å². The molecule has 0 fully saturated rings. The summed E-state index contributed by atoms with van der Waals surface area (Å²) in [6.07, 6.45) is 9.84. The Morgan fingerprint density at radius 1 is 0.741 bits per heavy atom. The Hall–Kier alpha value is -1.43. The van der Waals surface area contributed by atoms with Gasteiger partial charge in [0.15, 0.2) is 5.78 Å². The molecule has 0 spiro atoms. The van der Waals surface area contributed by atoms with Gasteiger partial charge in [-0.1, -0.05) is 58.8 Å². The van der Waals surface area contributed by atoms with Crippen LogP contribution in [0.4, 0.5) is 0 Å².